The molecule has 0 radical (unpaired) electrons. The summed E-state index contributed by atoms with van der Waals surface area (Å²) in [5.74, 6) is 5.90. The van der Waals surface area contributed by atoms with Crippen molar-refractivity contribution in [2.75, 3.05) is 0 Å². The molecule has 0 spiro atoms. The van der Waals surface area contributed by atoms with Crippen molar-refractivity contribution in [2.24, 2.45) is 29.6 Å². The fraction of sp³-hybridized carbons (Fsp3) is 0.688. The lowest BCUT2D eigenvalue weighted by atomic mass is 9.60. The molecule has 1 aromatic heterocycles. The summed E-state index contributed by atoms with van der Waals surface area (Å²) in [6.45, 7) is 14.3. The number of benzene rings is 1. The molecule has 3 fully saturated rings. The van der Waals surface area contributed by atoms with Crippen LogP contribution in [0.3, 0.4) is 0 Å². The first-order valence-corrected chi connectivity index (χ1v) is 14.5. The predicted molar refractivity (Wildman–Crippen MR) is 140 cm³/mol. The lowest BCUT2D eigenvalue weighted by molar-refractivity contribution is -0.729. The van der Waals surface area contributed by atoms with Gasteiger partial charge in [0.25, 0.3) is 6.33 Å². The molecule has 7 atom stereocenters. The molecule has 2 heteroatoms. The zero-order chi connectivity index (χ0) is 23.8. The van der Waals surface area contributed by atoms with Crippen LogP contribution in [0, 0.1) is 29.6 Å². The third-order valence-corrected chi connectivity index (χ3v) is 11.1. The minimum absolute atomic E-state index is 0.159. The second kappa shape index (κ2) is 8.17. The smallest absolute Gasteiger partial charge is 0.226 e. The van der Waals surface area contributed by atoms with Gasteiger partial charge in [0.05, 0.1) is 0 Å². The van der Waals surface area contributed by atoms with Crippen LogP contribution in [0.25, 0.3) is 11.3 Å². The summed E-state index contributed by atoms with van der Waals surface area (Å²) in [7, 11) is 0. The molecular formula is C32H45N2+. The van der Waals surface area contributed by atoms with Gasteiger partial charge in [-0.15, -0.1) is 0 Å². The molecule has 6 rings (SSSR count). The average Bonchev–Trinajstić information content (AvgIpc) is 3.56. The van der Waals surface area contributed by atoms with E-state index in [1.807, 2.05) is 0 Å². The lowest BCUT2D eigenvalue weighted by Gasteiger charge is -2.47. The molecule has 7 unspecified atom stereocenters. The fourth-order valence-electron chi connectivity index (χ4n) is 9.59. The van der Waals surface area contributed by atoms with Crippen molar-refractivity contribution in [3.63, 3.8) is 0 Å². The van der Waals surface area contributed by atoms with Crippen molar-refractivity contribution in [1.29, 1.82) is 0 Å². The molecule has 3 saturated carbocycles. The van der Waals surface area contributed by atoms with Crippen LogP contribution in [0.4, 0.5) is 0 Å². The molecule has 34 heavy (non-hydrogen) atoms. The van der Waals surface area contributed by atoms with Crippen LogP contribution >= 0.6 is 0 Å². The third-order valence-electron chi connectivity index (χ3n) is 11.1. The van der Waals surface area contributed by atoms with Gasteiger partial charge in [-0.3, -0.25) is 0 Å². The SMILES string of the molecule is CCC1[n+]2cnc(C(C)C)cc2-c2ccc(C3CC4CC3C3CCCC43)cc2C1(CC)C(C)C. The minimum atomic E-state index is 0.159. The number of rotatable bonds is 5. The van der Waals surface area contributed by atoms with E-state index in [1.165, 1.54) is 55.5 Å². The Kier molecular flexibility index (Phi) is 5.47. The van der Waals surface area contributed by atoms with Gasteiger partial charge in [0.15, 0.2) is 5.69 Å². The largest absolute Gasteiger partial charge is 0.287 e. The van der Waals surface area contributed by atoms with E-state index in [2.05, 4.69) is 76.7 Å². The van der Waals surface area contributed by atoms with E-state index in [0.717, 1.165) is 36.0 Å². The number of hydrogen-bond donors (Lipinski definition) is 0. The molecule has 1 aromatic carbocycles. The van der Waals surface area contributed by atoms with Gasteiger partial charge in [-0.05, 0) is 85.2 Å². The summed E-state index contributed by atoms with van der Waals surface area (Å²) >= 11 is 0. The topological polar surface area (TPSA) is 16.8 Å². The molecule has 2 aromatic rings. The molecule has 2 heterocycles. The summed E-state index contributed by atoms with van der Waals surface area (Å²) < 4.78 is 2.54. The Balaban J connectivity index is 1.51. The second-order valence-electron chi connectivity index (χ2n) is 12.8. The van der Waals surface area contributed by atoms with Gasteiger partial charge in [0, 0.05) is 23.0 Å². The molecule has 0 N–H and O–H groups in total. The molecule has 1 aliphatic heterocycles. The van der Waals surface area contributed by atoms with Crippen LogP contribution in [0.5, 0.6) is 0 Å². The van der Waals surface area contributed by atoms with E-state index in [4.69, 9.17) is 4.98 Å². The molecule has 2 nitrogen and oxygen atoms in total. The van der Waals surface area contributed by atoms with E-state index < -0.39 is 0 Å². The summed E-state index contributed by atoms with van der Waals surface area (Å²) in [5.41, 5.74) is 7.53. The Morgan fingerprint density at radius 3 is 2.50 bits per heavy atom. The van der Waals surface area contributed by atoms with Gasteiger partial charge in [-0.2, -0.15) is 0 Å². The van der Waals surface area contributed by atoms with Crippen molar-refractivity contribution >= 4 is 0 Å². The van der Waals surface area contributed by atoms with Crippen LogP contribution < -0.4 is 4.57 Å². The first kappa shape index (κ1) is 22.7. The second-order valence-corrected chi connectivity index (χ2v) is 12.8. The monoisotopic (exact) mass is 457 g/mol. The zero-order valence-electron chi connectivity index (χ0n) is 22.3. The highest BCUT2D eigenvalue weighted by molar-refractivity contribution is 5.66. The van der Waals surface area contributed by atoms with Gasteiger partial charge >= 0.3 is 0 Å². The Labute approximate surface area is 207 Å². The van der Waals surface area contributed by atoms with Crippen LogP contribution in [-0.4, -0.2) is 4.98 Å². The Morgan fingerprint density at radius 1 is 1.00 bits per heavy atom. The van der Waals surface area contributed by atoms with Gasteiger partial charge in [0.2, 0.25) is 0 Å². The van der Waals surface area contributed by atoms with Crippen LogP contribution in [0.15, 0.2) is 30.6 Å². The number of aromatic nitrogens is 2. The highest BCUT2D eigenvalue weighted by Gasteiger charge is 2.55. The predicted octanol–water partition coefficient (Wildman–Crippen LogP) is 7.97. The summed E-state index contributed by atoms with van der Waals surface area (Å²) in [4.78, 5) is 4.92. The quantitative estimate of drug-likeness (QED) is 0.416. The number of fused-ring (bicyclic) bond motifs is 8. The van der Waals surface area contributed by atoms with Crippen molar-refractivity contribution in [2.45, 2.75) is 110 Å². The van der Waals surface area contributed by atoms with Crippen molar-refractivity contribution < 1.29 is 4.57 Å². The van der Waals surface area contributed by atoms with Crippen molar-refractivity contribution in [3.8, 4) is 11.3 Å². The first-order valence-electron chi connectivity index (χ1n) is 14.5. The summed E-state index contributed by atoms with van der Waals surface area (Å²) in [6.07, 6.45) is 12.0. The van der Waals surface area contributed by atoms with E-state index in [1.54, 1.807) is 11.1 Å². The third kappa shape index (κ3) is 2.99. The van der Waals surface area contributed by atoms with Crippen LogP contribution in [0.1, 0.15) is 121 Å². The summed E-state index contributed by atoms with van der Waals surface area (Å²) in [5, 5.41) is 0. The van der Waals surface area contributed by atoms with Gasteiger partial charge in [-0.1, -0.05) is 71.1 Å². The Morgan fingerprint density at radius 2 is 1.79 bits per heavy atom. The molecule has 182 valence electrons. The van der Waals surface area contributed by atoms with Gasteiger partial charge < -0.3 is 0 Å². The lowest BCUT2D eigenvalue weighted by Crippen LogP contribution is -2.58. The molecule has 0 amide bonds. The maximum Gasteiger partial charge on any atom is 0.287 e. The van der Waals surface area contributed by atoms with Crippen molar-refractivity contribution in [1.82, 2.24) is 4.98 Å². The van der Waals surface area contributed by atoms with E-state index in [0.29, 0.717) is 17.9 Å². The maximum absolute atomic E-state index is 4.92. The molecule has 2 bridgehead atoms. The van der Waals surface area contributed by atoms with E-state index >= 15 is 0 Å². The van der Waals surface area contributed by atoms with E-state index in [9.17, 15) is 0 Å². The summed E-state index contributed by atoms with van der Waals surface area (Å²) in [6, 6.07) is 10.6. The van der Waals surface area contributed by atoms with Gasteiger partial charge in [0.1, 0.15) is 11.7 Å². The normalized spacial score (nSPS) is 35.6. The Hall–Kier alpha value is -1.70. The molecule has 0 saturated heterocycles. The molecule has 4 aliphatic rings. The Bertz CT molecular complexity index is 1080. The minimum Gasteiger partial charge on any atom is -0.226 e. The highest BCUT2D eigenvalue weighted by Crippen LogP contribution is 2.64. The number of nitrogens with zero attached hydrogens (tertiary/aromatic N) is 2. The van der Waals surface area contributed by atoms with Crippen LogP contribution in [0.2, 0.25) is 0 Å². The standard InChI is InChI=1S/C32H45N2/c1-7-31-32(8-2,20(5)6)28-16-21(26-14-22-15-27(26)24-11-9-10-23(22)24)12-13-25(28)30-17-29(19(3)4)33-18-34(30)31/h12-13,16-20,22-24,26-27,31H,7-11,14-15H2,1-6H3/q+1. The molecular weight excluding hydrogens is 412 g/mol. The maximum atomic E-state index is 4.92. The highest BCUT2D eigenvalue weighted by atomic mass is 15.1. The first-order chi connectivity index (χ1) is 16.4. The number of hydrogen-bond acceptors (Lipinski definition) is 1. The molecule has 3 aliphatic carbocycles. The van der Waals surface area contributed by atoms with E-state index in [-0.39, 0.29) is 5.41 Å². The average molecular weight is 458 g/mol. The van der Waals surface area contributed by atoms with Crippen LogP contribution in [-0.2, 0) is 5.41 Å². The van der Waals surface area contributed by atoms with Gasteiger partial charge in [-0.25, -0.2) is 4.57 Å². The fourth-order valence-corrected chi connectivity index (χ4v) is 9.59. The van der Waals surface area contributed by atoms with Crippen molar-refractivity contribution in [3.05, 3.63) is 47.4 Å². The zero-order valence-corrected chi connectivity index (χ0v) is 22.3.